The number of likely N-dealkylation sites (tertiary alicyclic amines) is 1. The van der Waals surface area contributed by atoms with E-state index in [1.165, 1.54) is 4.90 Å². The number of rotatable bonds is 5. The van der Waals surface area contributed by atoms with Crippen LogP contribution in [0.3, 0.4) is 0 Å². The van der Waals surface area contributed by atoms with E-state index in [-0.39, 0.29) is 28.9 Å². The van der Waals surface area contributed by atoms with Gasteiger partial charge in [0.15, 0.2) is 0 Å². The van der Waals surface area contributed by atoms with Gasteiger partial charge in [-0.1, -0.05) is 0 Å². The van der Waals surface area contributed by atoms with Crippen molar-refractivity contribution in [3.63, 3.8) is 0 Å². The highest BCUT2D eigenvalue weighted by molar-refractivity contribution is 7.89. The SMILES string of the molecule is CN(C)C[C@@H]1CN(C(=O)c2cc(S(N)(=O)=O)ccc2F)C[C@@H]1CO. The van der Waals surface area contributed by atoms with Crippen molar-refractivity contribution in [1.29, 1.82) is 0 Å². The van der Waals surface area contributed by atoms with Gasteiger partial charge in [0.25, 0.3) is 5.91 Å². The summed E-state index contributed by atoms with van der Waals surface area (Å²) >= 11 is 0. The van der Waals surface area contributed by atoms with Gasteiger partial charge in [0.05, 0.1) is 10.5 Å². The Morgan fingerprint density at radius 2 is 2.00 bits per heavy atom. The van der Waals surface area contributed by atoms with Gasteiger partial charge in [-0.05, 0) is 38.2 Å². The summed E-state index contributed by atoms with van der Waals surface area (Å²) in [6.07, 6.45) is 0. The van der Waals surface area contributed by atoms with Crippen LogP contribution in [-0.2, 0) is 10.0 Å². The maximum atomic E-state index is 14.0. The fraction of sp³-hybridized carbons (Fsp3) is 0.533. The monoisotopic (exact) mass is 359 g/mol. The molecule has 1 aromatic carbocycles. The molecule has 1 aromatic rings. The number of carbonyl (C=O) groups is 1. The van der Waals surface area contributed by atoms with Crippen LogP contribution in [0.15, 0.2) is 23.1 Å². The van der Waals surface area contributed by atoms with Crippen LogP contribution in [0.2, 0.25) is 0 Å². The molecule has 24 heavy (non-hydrogen) atoms. The van der Waals surface area contributed by atoms with Crippen LogP contribution in [-0.4, -0.2) is 69.6 Å². The predicted octanol–water partition coefficient (Wildman–Crippen LogP) is -0.285. The summed E-state index contributed by atoms with van der Waals surface area (Å²) in [6, 6.07) is 2.90. The lowest BCUT2D eigenvalue weighted by Crippen LogP contribution is -2.31. The average molecular weight is 359 g/mol. The molecule has 0 unspecified atom stereocenters. The summed E-state index contributed by atoms with van der Waals surface area (Å²) in [5.41, 5.74) is -0.330. The second-order valence-corrected chi connectivity index (χ2v) is 7.92. The Labute approximate surface area is 140 Å². The second-order valence-electron chi connectivity index (χ2n) is 6.36. The average Bonchev–Trinajstić information content (AvgIpc) is 2.88. The van der Waals surface area contributed by atoms with Gasteiger partial charge in [-0.15, -0.1) is 0 Å². The Hall–Kier alpha value is -1.55. The van der Waals surface area contributed by atoms with Crippen molar-refractivity contribution in [1.82, 2.24) is 9.80 Å². The number of hydrogen-bond acceptors (Lipinski definition) is 5. The highest BCUT2D eigenvalue weighted by atomic mass is 32.2. The molecule has 0 radical (unpaired) electrons. The topological polar surface area (TPSA) is 104 Å². The molecule has 0 saturated carbocycles. The van der Waals surface area contributed by atoms with Crippen molar-refractivity contribution in [2.24, 2.45) is 17.0 Å². The number of primary sulfonamides is 1. The molecule has 9 heteroatoms. The van der Waals surface area contributed by atoms with Crippen molar-refractivity contribution in [3.05, 3.63) is 29.6 Å². The molecule has 2 atom stereocenters. The Balaban J connectivity index is 2.26. The third-order valence-electron chi connectivity index (χ3n) is 4.19. The van der Waals surface area contributed by atoms with Crippen LogP contribution < -0.4 is 5.14 Å². The molecule has 3 N–H and O–H groups in total. The molecule has 0 spiro atoms. The molecule has 0 bridgehead atoms. The minimum atomic E-state index is -4.03. The quantitative estimate of drug-likeness (QED) is 0.752. The lowest BCUT2D eigenvalue weighted by Gasteiger charge is -2.20. The lowest BCUT2D eigenvalue weighted by molar-refractivity contribution is 0.0774. The number of amides is 1. The molecule has 2 rings (SSSR count). The first-order chi connectivity index (χ1) is 11.1. The fourth-order valence-electron chi connectivity index (χ4n) is 3.00. The molecule has 0 aromatic heterocycles. The molecular weight excluding hydrogens is 337 g/mol. The van der Waals surface area contributed by atoms with Crippen LogP contribution in [0.1, 0.15) is 10.4 Å². The van der Waals surface area contributed by atoms with Crippen molar-refractivity contribution >= 4 is 15.9 Å². The standard InChI is InChI=1S/C15H22FN3O4S/c1-18(2)6-10-7-19(8-11(10)9-20)15(21)13-5-12(24(17,22)23)3-4-14(13)16/h3-5,10-11,20H,6-9H2,1-2H3,(H2,17,22,23)/t10-,11-/m1/s1. The van der Waals surface area contributed by atoms with Crippen molar-refractivity contribution in [3.8, 4) is 0 Å². The molecular formula is C15H22FN3O4S. The van der Waals surface area contributed by atoms with Crippen LogP contribution in [0.4, 0.5) is 4.39 Å². The van der Waals surface area contributed by atoms with E-state index in [9.17, 15) is 22.7 Å². The molecule has 1 amide bonds. The number of halogens is 1. The number of aliphatic hydroxyl groups excluding tert-OH is 1. The van der Waals surface area contributed by atoms with E-state index in [0.29, 0.717) is 19.6 Å². The van der Waals surface area contributed by atoms with Gasteiger partial charge >= 0.3 is 0 Å². The summed E-state index contributed by atoms with van der Waals surface area (Å²) in [6.45, 7) is 1.30. The zero-order valence-electron chi connectivity index (χ0n) is 13.6. The summed E-state index contributed by atoms with van der Waals surface area (Å²) in [4.78, 5) is 15.7. The largest absolute Gasteiger partial charge is 0.396 e. The number of hydrogen-bond donors (Lipinski definition) is 2. The van der Waals surface area contributed by atoms with Crippen LogP contribution in [0, 0.1) is 17.7 Å². The number of aliphatic hydroxyl groups is 1. The van der Waals surface area contributed by atoms with E-state index in [0.717, 1.165) is 18.2 Å². The Morgan fingerprint density at radius 1 is 1.38 bits per heavy atom. The van der Waals surface area contributed by atoms with E-state index in [2.05, 4.69) is 0 Å². The van der Waals surface area contributed by atoms with Gasteiger partial charge in [-0.3, -0.25) is 4.79 Å². The van der Waals surface area contributed by atoms with Gasteiger partial charge in [0.2, 0.25) is 10.0 Å². The molecule has 7 nitrogen and oxygen atoms in total. The summed E-state index contributed by atoms with van der Waals surface area (Å²) in [5.74, 6) is -1.43. The Bertz CT molecular complexity index is 723. The van der Waals surface area contributed by atoms with E-state index in [1.54, 1.807) is 0 Å². The lowest BCUT2D eigenvalue weighted by atomic mass is 9.97. The Kier molecular flexibility index (Phi) is 5.59. The molecule has 0 aliphatic carbocycles. The molecule has 1 saturated heterocycles. The molecule has 1 heterocycles. The number of nitrogens with zero attached hydrogens (tertiary/aromatic N) is 2. The van der Waals surface area contributed by atoms with Gasteiger partial charge in [-0.2, -0.15) is 0 Å². The summed E-state index contributed by atoms with van der Waals surface area (Å²) in [5, 5.41) is 14.5. The van der Waals surface area contributed by atoms with Crippen LogP contribution >= 0.6 is 0 Å². The molecule has 134 valence electrons. The Morgan fingerprint density at radius 3 is 2.54 bits per heavy atom. The first kappa shape index (κ1) is 18.8. The first-order valence-corrected chi connectivity index (χ1v) is 9.05. The zero-order chi connectivity index (χ0) is 18.1. The van der Waals surface area contributed by atoms with Gasteiger partial charge in [-0.25, -0.2) is 17.9 Å². The van der Waals surface area contributed by atoms with E-state index in [4.69, 9.17) is 5.14 Å². The maximum Gasteiger partial charge on any atom is 0.256 e. The third-order valence-corrected chi connectivity index (χ3v) is 5.11. The number of carbonyl (C=O) groups excluding carboxylic acids is 1. The minimum absolute atomic E-state index is 0.0675. The third kappa shape index (κ3) is 4.10. The first-order valence-electron chi connectivity index (χ1n) is 7.50. The van der Waals surface area contributed by atoms with E-state index < -0.39 is 21.7 Å². The highest BCUT2D eigenvalue weighted by Crippen LogP contribution is 2.26. The van der Waals surface area contributed by atoms with Crippen molar-refractivity contribution in [2.45, 2.75) is 4.90 Å². The zero-order valence-corrected chi connectivity index (χ0v) is 14.5. The maximum absolute atomic E-state index is 14.0. The van der Waals surface area contributed by atoms with Gasteiger partial charge in [0.1, 0.15) is 5.82 Å². The van der Waals surface area contributed by atoms with E-state index in [1.807, 2.05) is 19.0 Å². The summed E-state index contributed by atoms with van der Waals surface area (Å²) < 4.78 is 36.8. The normalized spacial score (nSPS) is 21.5. The highest BCUT2D eigenvalue weighted by Gasteiger charge is 2.36. The van der Waals surface area contributed by atoms with E-state index >= 15 is 0 Å². The molecule has 1 fully saturated rings. The van der Waals surface area contributed by atoms with Gasteiger partial charge in [0, 0.05) is 32.2 Å². The minimum Gasteiger partial charge on any atom is -0.396 e. The predicted molar refractivity (Wildman–Crippen MR) is 86.3 cm³/mol. The molecule has 1 aliphatic rings. The number of benzene rings is 1. The second kappa shape index (κ2) is 7.14. The summed E-state index contributed by atoms with van der Waals surface area (Å²) in [7, 11) is -0.231. The van der Waals surface area contributed by atoms with Crippen molar-refractivity contribution in [2.75, 3.05) is 40.3 Å². The van der Waals surface area contributed by atoms with Gasteiger partial charge < -0.3 is 14.9 Å². The van der Waals surface area contributed by atoms with Crippen LogP contribution in [0.25, 0.3) is 0 Å². The smallest absolute Gasteiger partial charge is 0.256 e. The number of sulfonamides is 1. The van der Waals surface area contributed by atoms with Crippen LogP contribution in [0.5, 0.6) is 0 Å². The fourth-order valence-corrected chi connectivity index (χ4v) is 3.54. The van der Waals surface area contributed by atoms with Crippen molar-refractivity contribution < 1.29 is 22.7 Å². The number of nitrogens with two attached hydrogens (primary N) is 1. The molecule has 1 aliphatic heterocycles.